The van der Waals surface area contributed by atoms with E-state index in [0.29, 0.717) is 17.1 Å². The zero-order valence-corrected chi connectivity index (χ0v) is 10.9. The highest BCUT2D eigenvalue weighted by atomic mass is 16.5. The molecule has 0 aliphatic rings. The van der Waals surface area contributed by atoms with Crippen molar-refractivity contribution in [2.24, 2.45) is 0 Å². The number of oxazole rings is 1. The standard InChI is InChI=1S/C16H13NO3/c1-19-13-9-7-11(8-10-13)14-16(18)20-15(17-14)12-5-3-2-4-6-12/h2-10,18H,1H3/p-1. The molecule has 0 atom stereocenters. The van der Waals surface area contributed by atoms with Crippen molar-refractivity contribution in [1.29, 1.82) is 0 Å². The van der Waals surface area contributed by atoms with E-state index in [1.165, 1.54) is 0 Å². The fraction of sp³-hybridized carbons (Fsp3) is 0.0625. The summed E-state index contributed by atoms with van der Waals surface area (Å²) >= 11 is 0. The van der Waals surface area contributed by atoms with Gasteiger partial charge in [-0.1, -0.05) is 30.3 Å². The van der Waals surface area contributed by atoms with Crippen LogP contribution in [0.1, 0.15) is 0 Å². The van der Waals surface area contributed by atoms with Gasteiger partial charge in [-0.05, 0) is 24.3 Å². The van der Waals surface area contributed by atoms with Crippen LogP contribution < -0.4 is 9.84 Å². The average molecular weight is 266 g/mol. The smallest absolute Gasteiger partial charge is 0.118 e. The van der Waals surface area contributed by atoms with Crippen molar-refractivity contribution in [3.8, 4) is 34.4 Å². The van der Waals surface area contributed by atoms with Crippen LogP contribution in [0.3, 0.4) is 0 Å². The zero-order chi connectivity index (χ0) is 13.9. The number of hydrogen-bond donors (Lipinski definition) is 0. The molecule has 0 radical (unpaired) electrons. The summed E-state index contributed by atoms with van der Waals surface area (Å²) in [4.78, 5) is 4.29. The molecule has 0 bridgehead atoms. The summed E-state index contributed by atoms with van der Waals surface area (Å²) in [6, 6.07) is 16.5. The minimum Gasteiger partial charge on any atom is -0.562 e. The van der Waals surface area contributed by atoms with E-state index in [-0.39, 0.29) is 0 Å². The average Bonchev–Trinajstić information content (AvgIpc) is 2.90. The van der Waals surface area contributed by atoms with Crippen molar-refractivity contribution in [2.45, 2.75) is 0 Å². The van der Waals surface area contributed by atoms with Gasteiger partial charge in [0.25, 0.3) is 0 Å². The molecule has 3 rings (SSSR count). The number of ether oxygens (including phenoxy) is 1. The molecule has 0 amide bonds. The van der Waals surface area contributed by atoms with Crippen LogP contribution in [0, 0.1) is 0 Å². The Hall–Kier alpha value is -2.75. The molecule has 0 aliphatic heterocycles. The molecule has 0 saturated carbocycles. The van der Waals surface area contributed by atoms with Crippen LogP contribution in [0.25, 0.3) is 22.7 Å². The Morgan fingerprint density at radius 3 is 2.30 bits per heavy atom. The predicted octanol–water partition coefficient (Wildman–Crippen LogP) is 3.09. The van der Waals surface area contributed by atoms with Gasteiger partial charge in [-0.3, -0.25) is 0 Å². The third-order valence-corrected chi connectivity index (χ3v) is 2.98. The SMILES string of the molecule is COc1ccc(-c2nc(-c3ccccc3)oc2[O-])cc1. The second kappa shape index (κ2) is 5.09. The Bertz CT molecular complexity index is 702. The van der Waals surface area contributed by atoms with Gasteiger partial charge in [0.15, 0.2) is 0 Å². The maximum atomic E-state index is 11.9. The zero-order valence-electron chi connectivity index (χ0n) is 10.9. The van der Waals surface area contributed by atoms with Crippen LogP contribution in [0.15, 0.2) is 59.0 Å². The first-order valence-electron chi connectivity index (χ1n) is 6.15. The molecule has 4 nitrogen and oxygen atoms in total. The number of nitrogens with zero attached hydrogens (tertiary/aromatic N) is 1. The number of aromatic nitrogens is 1. The van der Waals surface area contributed by atoms with E-state index < -0.39 is 5.95 Å². The van der Waals surface area contributed by atoms with E-state index in [4.69, 9.17) is 9.15 Å². The molecule has 2 aromatic carbocycles. The lowest BCUT2D eigenvalue weighted by atomic mass is 10.1. The van der Waals surface area contributed by atoms with Crippen LogP contribution in [0.4, 0.5) is 0 Å². The monoisotopic (exact) mass is 266 g/mol. The number of hydrogen-bond acceptors (Lipinski definition) is 4. The molecule has 0 aliphatic carbocycles. The van der Waals surface area contributed by atoms with Crippen LogP contribution in [0.2, 0.25) is 0 Å². The summed E-state index contributed by atoms with van der Waals surface area (Å²) in [7, 11) is 1.59. The van der Waals surface area contributed by atoms with Gasteiger partial charge >= 0.3 is 0 Å². The van der Waals surface area contributed by atoms with E-state index in [0.717, 1.165) is 11.3 Å². The molecule has 1 aromatic heterocycles. The Kier molecular flexibility index (Phi) is 3.13. The Labute approximate surface area is 116 Å². The molecule has 0 saturated heterocycles. The van der Waals surface area contributed by atoms with Crippen LogP contribution >= 0.6 is 0 Å². The topological polar surface area (TPSA) is 58.3 Å². The van der Waals surface area contributed by atoms with Crippen molar-refractivity contribution < 1.29 is 14.3 Å². The fourth-order valence-electron chi connectivity index (χ4n) is 1.94. The molecule has 4 heteroatoms. The second-order valence-electron chi connectivity index (χ2n) is 4.25. The lowest BCUT2D eigenvalue weighted by Gasteiger charge is -2.02. The largest absolute Gasteiger partial charge is 0.562 e. The molecule has 0 spiro atoms. The van der Waals surface area contributed by atoms with Gasteiger partial charge in [-0.15, -0.1) is 0 Å². The van der Waals surface area contributed by atoms with Crippen molar-refractivity contribution in [3.05, 3.63) is 54.6 Å². The third-order valence-electron chi connectivity index (χ3n) is 2.98. The Morgan fingerprint density at radius 1 is 0.950 bits per heavy atom. The summed E-state index contributed by atoms with van der Waals surface area (Å²) < 4.78 is 10.3. The fourth-order valence-corrected chi connectivity index (χ4v) is 1.94. The number of benzene rings is 2. The summed E-state index contributed by atoms with van der Waals surface area (Å²) in [6.45, 7) is 0. The minimum atomic E-state index is -0.436. The molecule has 1 heterocycles. The van der Waals surface area contributed by atoms with Gasteiger partial charge in [-0.2, -0.15) is 0 Å². The molecule has 100 valence electrons. The molecule has 0 unspecified atom stereocenters. The summed E-state index contributed by atoms with van der Waals surface area (Å²) in [6.07, 6.45) is 0. The molecular formula is C16H12NO3-. The molecular weight excluding hydrogens is 254 g/mol. The highest BCUT2D eigenvalue weighted by Gasteiger charge is 2.08. The Morgan fingerprint density at radius 2 is 1.65 bits per heavy atom. The summed E-state index contributed by atoms with van der Waals surface area (Å²) in [5, 5.41) is 11.9. The van der Waals surface area contributed by atoms with Crippen molar-refractivity contribution in [2.75, 3.05) is 7.11 Å². The van der Waals surface area contributed by atoms with E-state index in [9.17, 15) is 5.11 Å². The van der Waals surface area contributed by atoms with Crippen molar-refractivity contribution >= 4 is 0 Å². The van der Waals surface area contributed by atoms with Crippen LogP contribution in [-0.4, -0.2) is 12.1 Å². The molecule has 0 N–H and O–H groups in total. The molecule has 20 heavy (non-hydrogen) atoms. The highest BCUT2D eigenvalue weighted by Crippen LogP contribution is 2.32. The third kappa shape index (κ3) is 2.23. The van der Waals surface area contributed by atoms with Gasteiger partial charge in [0, 0.05) is 11.1 Å². The number of methoxy groups -OCH3 is 1. The van der Waals surface area contributed by atoms with Crippen LogP contribution in [-0.2, 0) is 0 Å². The maximum Gasteiger partial charge on any atom is 0.118 e. The van der Waals surface area contributed by atoms with Crippen LogP contribution in [0.5, 0.6) is 11.7 Å². The van der Waals surface area contributed by atoms with E-state index in [2.05, 4.69) is 4.98 Å². The van der Waals surface area contributed by atoms with Crippen molar-refractivity contribution in [1.82, 2.24) is 4.98 Å². The lowest BCUT2D eigenvalue weighted by molar-refractivity contribution is -0.292. The van der Waals surface area contributed by atoms with Gasteiger partial charge in [0.2, 0.25) is 0 Å². The lowest BCUT2D eigenvalue weighted by Crippen LogP contribution is -1.90. The van der Waals surface area contributed by atoms with Gasteiger partial charge in [-0.25, -0.2) is 4.98 Å². The van der Waals surface area contributed by atoms with Gasteiger partial charge in [0.05, 0.1) is 18.8 Å². The number of rotatable bonds is 3. The molecule has 0 fully saturated rings. The first-order chi connectivity index (χ1) is 9.78. The maximum absolute atomic E-state index is 11.9. The van der Waals surface area contributed by atoms with E-state index in [1.807, 2.05) is 30.3 Å². The van der Waals surface area contributed by atoms with E-state index >= 15 is 0 Å². The second-order valence-corrected chi connectivity index (χ2v) is 4.25. The Balaban J connectivity index is 2.00. The highest BCUT2D eigenvalue weighted by molar-refractivity contribution is 5.67. The van der Waals surface area contributed by atoms with Crippen molar-refractivity contribution in [3.63, 3.8) is 0 Å². The first-order valence-corrected chi connectivity index (χ1v) is 6.15. The summed E-state index contributed by atoms with van der Waals surface area (Å²) in [5.41, 5.74) is 1.80. The van der Waals surface area contributed by atoms with Gasteiger partial charge in [0.1, 0.15) is 11.6 Å². The minimum absolute atomic E-state index is 0.312. The summed E-state index contributed by atoms with van der Waals surface area (Å²) in [5.74, 6) is 0.628. The van der Waals surface area contributed by atoms with Gasteiger partial charge < -0.3 is 14.3 Å². The first kappa shape index (κ1) is 12.3. The van der Waals surface area contributed by atoms with E-state index in [1.54, 1.807) is 31.4 Å². The normalized spacial score (nSPS) is 10.4. The quantitative estimate of drug-likeness (QED) is 0.731. The predicted molar refractivity (Wildman–Crippen MR) is 73.4 cm³/mol. The molecule has 3 aromatic rings.